The fraction of sp³-hybridized carbons (Fsp3) is 0.351. The first-order chi connectivity index (χ1) is 19.9. The van der Waals surface area contributed by atoms with Crippen LogP contribution in [0.25, 0.3) is 21.9 Å². The van der Waals surface area contributed by atoms with E-state index in [4.69, 9.17) is 12.9 Å². The van der Waals surface area contributed by atoms with E-state index in [1.165, 1.54) is 32.9 Å². The third-order valence-corrected chi connectivity index (χ3v) is 11.1. The number of para-hydroxylation sites is 1. The van der Waals surface area contributed by atoms with E-state index in [-0.39, 0.29) is 10.8 Å². The van der Waals surface area contributed by atoms with Crippen LogP contribution in [-0.2, 0) is 23.7 Å². The summed E-state index contributed by atoms with van der Waals surface area (Å²) in [4.78, 5) is 0. The topological polar surface area (TPSA) is 35.5 Å². The molecule has 0 aliphatic rings. The Morgan fingerprint density at radius 3 is 1.62 bits per heavy atom. The Kier molecular flexibility index (Phi) is 8.67. The van der Waals surface area contributed by atoms with Crippen LogP contribution in [0.4, 0.5) is 0 Å². The fourth-order valence-corrected chi connectivity index (χ4v) is 8.24. The van der Waals surface area contributed by atoms with Gasteiger partial charge in [0, 0.05) is 27.2 Å². The summed E-state index contributed by atoms with van der Waals surface area (Å²) in [5, 5.41) is 4.67. The van der Waals surface area contributed by atoms with Crippen LogP contribution in [0, 0.1) is 0 Å². The van der Waals surface area contributed by atoms with Gasteiger partial charge in [-0.3, -0.25) is 0 Å². The quantitative estimate of drug-likeness (QED) is 0.182. The lowest BCUT2D eigenvalue weighted by Gasteiger charge is -2.22. The highest BCUT2D eigenvalue weighted by Gasteiger charge is 2.26. The summed E-state index contributed by atoms with van der Waals surface area (Å²) < 4.78 is 20.6. The van der Waals surface area contributed by atoms with Crippen LogP contribution in [-0.4, -0.2) is 6.66 Å². The summed E-state index contributed by atoms with van der Waals surface area (Å²) in [6.07, 6.45) is 1.90. The molecule has 0 amide bonds. The summed E-state index contributed by atoms with van der Waals surface area (Å²) in [5.74, 6) is 0.816. The van der Waals surface area contributed by atoms with Gasteiger partial charge in [0.15, 0.2) is 0 Å². The van der Waals surface area contributed by atoms with Crippen molar-refractivity contribution in [3.05, 3.63) is 101 Å². The molecule has 0 saturated heterocycles. The third-order valence-electron chi connectivity index (χ3n) is 7.89. The molecule has 3 nitrogen and oxygen atoms in total. The van der Waals surface area contributed by atoms with Gasteiger partial charge in [-0.15, -0.1) is 0 Å². The first kappa shape index (κ1) is 30.5. The predicted octanol–water partition coefficient (Wildman–Crippen LogP) is 10.9. The Bertz CT molecular complexity index is 1670. The Hall–Kier alpha value is -2.99. The van der Waals surface area contributed by atoms with E-state index in [1.807, 2.05) is 6.07 Å². The minimum absolute atomic E-state index is 0.126. The summed E-state index contributed by atoms with van der Waals surface area (Å²) in [5.41, 5.74) is 6.44. The average Bonchev–Trinajstić information content (AvgIpc) is 3.11. The van der Waals surface area contributed by atoms with Gasteiger partial charge in [0.1, 0.15) is 16.9 Å². The molecule has 1 heterocycles. The maximum Gasteiger partial charge on any atom is 0.453 e. The smallest absolute Gasteiger partial charge is 0.390 e. The standard InChI is InChI=1S/C37H44O3P2/c1-10-25-21-28-29-22-26(11-2)24-31(37(6,7)8)35(29)40-42(39-34(28)30(23-25)36(3,4)5)38-32-19-15-16-20-33(32)41(9)27-17-13-12-14-18-27/h12-24H,10-11H2,1-9H3. The Morgan fingerprint density at radius 1 is 0.667 bits per heavy atom. The zero-order valence-electron chi connectivity index (χ0n) is 26.5. The van der Waals surface area contributed by atoms with Crippen molar-refractivity contribution in [3.63, 3.8) is 0 Å². The molecule has 0 N–H and O–H groups in total. The molecule has 5 heteroatoms. The number of benzene rings is 4. The molecule has 5 rings (SSSR count). The number of rotatable bonds is 6. The summed E-state index contributed by atoms with van der Waals surface area (Å²) in [6.45, 7) is 20.2. The van der Waals surface area contributed by atoms with Crippen LogP contribution in [0.15, 0.2) is 87.3 Å². The van der Waals surface area contributed by atoms with E-state index in [0.717, 1.165) is 40.5 Å². The largest absolute Gasteiger partial charge is 0.453 e. The molecule has 0 aliphatic carbocycles. The summed E-state index contributed by atoms with van der Waals surface area (Å²) >= 11 is 0. The summed E-state index contributed by atoms with van der Waals surface area (Å²) in [6, 6.07) is 28.2. The third kappa shape index (κ3) is 6.20. The average molecular weight is 599 g/mol. The molecular formula is C37H44O3P2. The van der Waals surface area contributed by atoms with Gasteiger partial charge < -0.3 is 12.9 Å². The van der Waals surface area contributed by atoms with Gasteiger partial charge in [-0.25, -0.2) is 0 Å². The van der Waals surface area contributed by atoms with E-state index in [2.05, 4.69) is 135 Å². The zero-order chi connectivity index (χ0) is 30.2. The lowest BCUT2D eigenvalue weighted by atomic mass is 9.82. The van der Waals surface area contributed by atoms with E-state index in [9.17, 15) is 0 Å². The predicted molar refractivity (Wildman–Crippen MR) is 183 cm³/mol. The van der Waals surface area contributed by atoms with Crippen molar-refractivity contribution in [2.24, 2.45) is 0 Å². The minimum atomic E-state index is -1.80. The van der Waals surface area contributed by atoms with Gasteiger partial charge in [0.2, 0.25) is 0 Å². The van der Waals surface area contributed by atoms with Gasteiger partial charge in [0.05, 0.1) is 0 Å². The Balaban J connectivity index is 1.86. The molecule has 0 saturated carbocycles. The number of hydrogen-bond donors (Lipinski definition) is 0. The second kappa shape index (κ2) is 11.9. The second-order valence-corrected chi connectivity index (χ2v) is 16.2. The van der Waals surface area contributed by atoms with E-state index in [0.29, 0.717) is 0 Å². The molecule has 0 bridgehead atoms. The lowest BCUT2D eigenvalue weighted by Crippen LogP contribution is -2.13. The van der Waals surface area contributed by atoms with Gasteiger partial charge >= 0.3 is 8.24 Å². The molecule has 0 fully saturated rings. The van der Waals surface area contributed by atoms with Crippen molar-refractivity contribution >= 4 is 48.7 Å². The zero-order valence-corrected chi connectivity index (χ0v) is 28.3. The molecular weight excluding hydrogens is 554 g/mol. The van der Waals surface area contributed by atoms with E-state index >= 15 is 0 Å². The van der Waals surface area contributed by atoms with Gasteiger partial charge in [0.25, 0.3) is 0 Å². The second-order valence-electron chi connectivity index (χ2n) is 13.1. The Labute approximate surface area is 253 Å². The molecule has 1 atom stereocenters. The van der Waals surface area contributed by atoms with Crippen LogP contribution in [0.5, 0.6) is 5.75 Å². The number of hydrogen-bond acceptors (Lipinski definition) is 3. The monoisotopic (exact) mass is 598 g/mol. The number of fused-ring (bicyclic) bond motifs is 3. The number of aryl methyl sites for hydroxylation is 2. The van der Waals surface area contributed by atoms with Gasteiger partial charge in [-0.1, -0.05) is 116 Å². The highest BCUT2D eigenvalue weighted by atomic mass is 31.1. The van der Waals surface area contributed by atoms with Crippen molar-refractivity contribution in [1.82, 2.24) is 0 Å². The normalized spacial score (nSPS) is 13.0. The molecule has 1 unspecified atom stereocenters. The van der Waals surface area contributed by atoms with E-state index < -0.39 is 16.2 Å². The molecule has 0 spiro atoms. The van der Waals surface area contributed by atoms with Gasteiger partial charge in [-0.05, 0) is 72.9 Å². The van der Waals surface area contributed by atoms with Crippen molar-refractivity contribution < 1.29 is 12.9 Å². The minimum Gasteiger partial charge on any atom is -0.390 e. The first-order valence-electron chi connectivity index (χ1n) is 15.0. The van der Waals surface area contributed by atoms with Crippen LogP contribution >= 0.6 is 16.2 Å². The fourth-order valence-electron chi connectivity index (χ4n) is 5.38. The Morgan fingerprint density at radius 2 is 1.14 bits per heavy atom. The van der Waals surface area contributed by atoms with Crippen molar-refractivity contribution in [2.45, 2.75) is 79.1 Å². The molecule has 220 valence electrons. The maximum absolute atomic E-state index is 6.91. The molecule has 5 aromatic rings. The van der Waals surface area contributed by atoms with Crippen molar-refractivity contribution in [1.29, 1.82) is 0 Å². The lowest BCUT2D eigenvalue weighted by molar-refractivity contribution is 0.491. The van der Waals surface area contributed by atoms with Crippen LogP contribution in [0.2, 0.25) is 0 Å². The highest BCUT2D eigenvalue weighted by Crippen LogP contribution is 2.45. The highest BCUT2D eigenvalue weighted by molar-refractivity contribution is 7.72. The molecule has 42 heavy (non-hydrogen) atoms. The maximum atomic E-state index is 6.91. The molecule has 1 aromatic heterocycles. The van der Waals surface area contributed by atoms with Crippen molar-refractivity contribution in [3.8, 4) is 5.75 Å². The van der Waals surface area contributed by atoms with Gasteiger partial charge in [-0.2, -0.15) is 0 Å². The van der Waals surface area contributed by atoms with E-state index in [1.54, 1.807) is 0 Å². The van der Waals surface area contributed by atoms with Crippen molar-refractivity contribution in [2.75, 3.05) is 6.66 Å². The molecule has 0 radical (unpaired) electrons. The summed E-state index contributed by atoms with van der Waals surface area (Å²) in [7, 11) is -2.42. The molecule has 0 aliphatic heterocycles. The van der Waals surface area contributed by atoms with Crippen LogP contribution in [0.1, 0.15) is 77.6 Å². The molecule has 4 aromatic carbocycles. The first-order valence-corrected chi connectivity index (χ1v) is 17.9. The SMILES string of the molecule is CCc1cc(C(C)(C)C)c2op(Oc3ccccc3P(C)c3ccccc3)oc3c(C(C)(C)C)cc(CC)cc3c2c1. The van der Waals surface area contributed by atoms with Crippen LogP contribution < -0.4 is 15.1 Å². The van der Waals surface area contributed by atoms with Crippen LogP contribution in [0.3, 0.4) is 0 Å².